The van der Waals surface area contributed by atoms with Crippen LogP contribution in [0.5, 0.6) is 0 Å². The molecule has 0 radical (unpaired) electrons. The molecule has 0 fully saturated rings. The molecule has 0 heterocycles. The summed E-state index contributed by atoms with van der Waals surface area (Å²) < 4.78 is 1.07. The Labute approximate surface area is 104 Å². The monoisotopic (exact) mass is 285 g/mol. The van der Waals surface area contributed by atoms with Gasteiger partial charge in [-0.1, -0.05) is 28.1 Å². The van der Waals surface area contributed by atoms with E-state index in [1.54, 1.807) is 0 Å². The molecule has 1 rings (SSSR count). The predicted molar refractivity (Wildman–Crippen MR) is 67.4 cm³/mol. The van der Waals surface area contributed by atoms with Crippen molar-refractivity contribution in [3.63, 3.8) is 0 Å². The molecule has 1 atom stereocenters. The van der Waals surface area contributed by atoms with E-state index in [9.17, 15) is 4.79 Å². The lowest BCUT2D eigenvalue weighted by Gasteiger charge is -2.11. The fourth-order valence-corrected chi connectivity index (χ4v) is 1.90. The van der Waals surface area contributed by atoms with E-state index < -0.39 is 5.97 Å². The van der Waals surface area contributed by atoms with E-state index in [1.165, 1.54) is 5.56 Å². The number of aliphatic carboxylic acids is 1. The van der Waals surface area contributed by atoms with Crippen LogP contribution < -0.4 is 5.73 Å². The summed E-state index contributed by atoms with van der Waals surface area (Å²) in [5.74, 6) is -0.791. The first kappa shape index (κ1) is 13.2. The van der Waals surface area contributed by atoms with Crippen LogP contribution in [-0.4, -0.2) is 17.1 Å². The molecule has 1 aromatic rings. The van der Waals surface area contributed by atoms with Crippen molar-refractivity contribution in [2.24, 2.45) is 5.73 Å². The van der Waals surface area contributed by atoms with E-state index in [-0.39, 0.29) is 12.5 Å². The summed E-state index contributed by atoms with van der Waals surface area (Å²) in [7, 11) is 0. The van der Waals surface area contributed by atoms with Crippen LogP contribution in [0.3, 0.4) is 0 Å². The van der Waals surface area contributed by atoms with Gasteiger partial charge in [0, 0.05) is 16.9 Å². The Hall–Kier alpha value is -0.870. The second-order valence-electron chi connectivity index (χ2n) is 3.98. The van der Waals surface area contributed by atoms with Crippen molar-refractivity contribution >= 4 is 21.9 Å². The maximum absolute atomic E-state index is 10.4. The maximum Gasteiger partial charge on any atom is 0.303 e. The van der Waals surface area contributed by atoms with Gasteiger partial charge in [-0.25, -0.2) is 0 Å². The van der Waals surface area contributed by atoms with Crippen LogP contribution in [0.4, 0.5) is 0 Å². The molecule has 0 spiro atoms. The van der Waals surface area contributed by atoms with Crippen molar-refractivity contribution < 1.29 is 9.90 Å². The number of nitrogens with two attached hydrogens (primary N) is 1. The minimum atomic E-state index is -0.791. The Morgan fingerprint density at radius 2 is 2.25 bits per heavy atom. The number of rotatable bonds is 5. The van der Waals surface area contributed by atoms with Crippen molar-refractivity contribution in [2.45, 2.75) is 32.2 Å². The lowest BCUT2D eigenvalue weighted by Crippen LogP contribution is -2.23. The Bertz CT molecular complexity index is 379. The van der Waals surface area contributed by atoms with E-state index in [1.807, 2.05) is 25.1 Å². The molecule has 0 saturated carbocycles. The van der Waals surface area contributed by atoms with Gasteiger partial charge in [0.2, 0.25) is 0 Å². The number of halogens is 1. The minimum absolute atomic E-state index is 0.0919. The highest BCUT2D eigenvalue weighted by molar-refractivity contribution is 9.10. The molecule has 0 aliphatic carbocycles. The molecule has 1 aromatic carbocycles. The van der Waals surface area contributed by atoms with Crippen LogP contribution in [0.15, 0.2) is 22.7 Å². The molecular formula is C12H16BrNO2. The van der Waals surface area contributed by atoms with Crippen LogP contribution in [0.25, 0.3) is 0 Å². The van der Waals surface area contributed by atoms with Crippen molar-refractivity contribution in [1.82, 2.24) is 0 Å². The Balaban J connectivity index is 2.52. The van der Waals surface area contributed by atoms with E-state index in [0.717, 1.165) is 10.0 Å². The van der Waals surface area contributed by atoms with Gasteiger partial charge in [0.05, 0.1) is 0 Å². The molecule has 1 unspecified atom stereocenters. The van der Waals surface area contributed by atoms with Crippen LogP contribution in [0, 0.1) is 6.92 Å². The summed E-state index contributed by atoms with van der Waals surface area (Å²) in [5, 5.41) is 8.55. The third-order valence-electron chi connectivity index (χ3n) is 2.46. The highest BCUT2D eigenvalue weighted by Gasteiger charge is 2.07. The van der Waals surface area contributed by atoms with Crippen molar-refractivity contribution in [3.8, 4) is 0 Å². The van der Waals surface area contributed by atoms with Crippen molar-refractivity contribution in [1.29, 1.82) is 0 Å². The zero-order valence-corrected chi connectivity index (χ0v) is 10.8. The molecule has 0 bridgehead atoms. The topological polar surface area (TPSA) is 63.3 Å². The van der Waals surface area contributed by atoms with Gasteiger partial charge in [-0.15, -0.1) is 0 Å². The number of carboxylic acids is 1. The summed E-state index contributed by atoms with van der Waals surface area (Å²) in [6, 6.07) is 6.01. The van der Waals surface area contributed by atoms with Crippen LogP contribution in [0.2, 0.25) is 0 Å². The molecule has 88 valence electrons. The van der Waals surface area contributed by atoms with E-state index in [0.29, 0.717) is 12.8 Å². The summed E-state index contributed by atoms with van der Waals surface area (Å²) in [4.78, 5) is 10.4. The fourth-order valence-electron chi connectivity index (χ4n) is 1.48. The third-order valence-corrected chi connectivity index (χ3v) is 3.32. The molecule has 0 amide bonds. The number of aryl methyl sites for hydroxylation is 1. The summed E-state index contributed by atoms with van der Waals surface area (Å²) in [5.41, 5.74) is 8.18. The zero-order valence-electron chi connectivity index (χ0n) is 9.24. The summed E-state index contributed by atoms with van der Waals surface area (Å²) in [6.07, 6.45) is 1.36. The van der Waals surface area contributed by atoms with Crippen molar-refractivity contribution in [2.75, 3.05) is 0 Å². The quantitative estimate of drug-likeness (QED) is 0.874. The molecule has 0 aliphatic heterocycles. The van der Waals surface area contributed by atoms with Crippen molar-refractivity contribution in [3.05, 3.63) is 33.8 Å². The van der Waals surface area contributed by atoms with Gasteiger partial charge in [0.15, 0.2) is 0 Å². The number of benzene rings is 1. The lowest BCUT2D eigenvalue weighted by molar-refractivity contribution is -0.137. The predicted octanol–water partition coefficient (Wildman–Crippen LogP) is 2.49. The molecule has 16 heavy (non-hydrogen) atoms. The molecule has 3 N–H and O–H groups in total. The average molecular weight is 286 g/mol. The normalized spacial score (nSPS) is 12.4. The summed E-state index contributed by atoms with van der Waals surface area (Å²) in [6.45, 7) is 2.03. The zero-order chi connectivity index (χ0) is 12.1. The second-order valence-corrected chi connectivity index (χ2v) is 4.83. The standard InChI is InChI=1S/C12H16BrNO2/c1-8-2-3-9(7-11(8)13)6-10(14)4-5-12(15)16/h2-3,7,10H,4-6,14H2,1H3,(H,15,16). The van der Waals surface area contributed by atoms with Gasteiger partial charge >= 0.3 is 5.97 Å². The average Bonchev–Trinajstić information content (AvgIpc) is 2.21. The minimum Gasteiger partial charge on any atom is -0.481 e. The number of carboxylic acid groups (broad SMARTS) is 1. The first-order valence-corrected chi connectivity index (χ1v) is 6.00. The molecule has 0 aromatic heterocycles. The summed E-state index contributed by atoms with van der Waals surface area (Å²) >= 11 is 3.46. The van der Waals surface area contributed by atoms with Crippen LogP contribution in [-0.2, 0) is 11.2 Å². The van der Waals surface area contributed by atoms with Crippen LogP contribution in [0.1, 0.15) is 24.0 Å². The first-order valence-electron chi connectivity index (χ1n) is 5.21. The van der Waals surface area contributed by atoms with Gasteiger partial charge in [0.25, 0.3) is 0 Å². The van der Waals surface area contributed by atoms with Gasteiger partial charge in [-0.3, -0.25) is 4.79 Å². The first-order chi connectivity index (χ1) is 7.49. The number of carbonyl (C=O) groups is 1. The lowest BCUT2D eigenvalue weighted by atomic mass is 10.0. The molecule has 0 aliphatic rings. The largest absolute Gasteiger partial charge is 0.481 e. The molecule has 4 heteroatoms. The van der Waals surface area contributed by atoms with E-state index in [2.05, 4.69) is 15.9 Å². The number of hydrogen-bond donors (Lipinski definition) is 2. The molecular weight excluding hydrogens is 270 g/mol. The van der Waals surface area contributed by atoms with E-state index in [4.69, 9.17) is 10.8 Å². The Morgan fingerprint density at radius 3 is 2.81 bits per heavy atom. The maximum atomic E-state index is 10.4. The highest BCUT2D eigenvalue weighted by atomic mass is 79.9. The number of hydrogen-bond acceptors (Lipinski definition) is 2. The Kier molecular flexibility index (Phi) is 4.96. The van der Waals surface area contributed by atoms with E-state index >= 15 is 0 Å². The van der Waals surface area contributed by atoms with Gasteiger partial charge in [-0.2, -0.15) is 0 Å². The fraction of sp³-hybridized carbons (Fsp3) is 0.417. The second kappa shape index (κ2) is 6.01. The van der Waals surface area contributed by atoms with Gasteiger partial charge in [0.1, 0.15) is 0 Å². The van der Waals surface area contributed by atoms with Gasteiger partial charge in [-0.05, 0) is 37.0 Å². The van der Waals surface area contributed by atoms with Crippen LogP contribution >= 0.6 is 15.9 Å². The Morgan fingerprint density at radius 1 is 1.56 bits per heavy atom. The highest BCUT2D eigenvalue weighted by Crippen LogP contribution is 2.18. The smallest absolute Gasteiger partial charge is 0.303 e. The SMILES string of the molecule is Cc1ccc(CC(N)CCC(=O)O)cc1Br. The molecule has 3 nitrogen and oxygen atoms in total. The van der Waals surface area contributed by atoms with Gasteiger partial charge < -0.3 is 10.8 Å². The third kappa shape index (κ3) is 4.33. The molecule has 0 saturated heterocycles.